The molecular weight excluding hydrogens is 321 g/mol. The number of hydrogen-bond acceptors (Lipinski definition) is 4. The summed E-state index contributed by atoms with van der Waals surface area (Å²) < 4.78 is 40.5. The van der Waals surface area contributed by atoms with Gasteiger partial charge in [-0.05, 0) is 24.6 Å². The zero-order valence-corrected chi connectivity index (χ0v) is 14.3. The summed E-state index contributed by atoms with van der Waals surface area (Å²) in [7, 11) is -0.789. The molecule has 1 fully saturated rings. The molecule has 23 heavy (non-hydrogen) atoms. The molecule has 0 saturated carbocycles. The van der Waals surface area contributed by atoms with E-state index in [1.54, 1.807) is 12.1 Å². The minimum absolute atomic E-state index is 0.245. The Morgan fingerprint density at radius 1 is 1.43 bits per heavy atom. The number of halogens is 1. The van der Waals surface area contributed by atoms with Crippen molar-refractivity contribution in [3.05, 3.63) is 35.6 Å². The summed E-state index contributed by atoms with van der Waals surface area (Å²) in [6.45, 7) is 2.51. The molecule has 6 nitrogen and oxygen atoms in total. The zero-order chi connectivity index (χ0) is 17.2. The number of carbonyl (C=O) groups is 1. The summed E-state index contributed by atoms with van der Waals surface area (Å²) >= 11 is 0. The van der Waals surface area contributed by atoms with Gasteiger partial charge in [-0.25, -0.2) is 12.8 Å². The molecule has 1 aromatic carbocycles. The summed E-state index contributed by atoms with van der Waals surface area (Å²) in [5, 5.41) is 1.95. The molecule has 0 spiro atoms. The minimum Gasteiger partial charge on any atom is -0.348 e. The number of nitrogens with zero attached hydrogens (tertiary/aromatic N) is 2. The van der Waals surface area contributed by atoms with Crippen LogP contribution in [0.4, 0.5) is 4.39 Å². The van der Waals surface area contributed by atoms with Crippen molar-refractivity contribution in [2.24, 2.45) is 0 Å². The predicted octanol–water partition coefficient (Wildman–Crippen LogP) is 0.579. The molecule has 8 heteroatoms. The van der Waals surface area contributed by atoms with Crippen molar-refractivity contribution in [2.45, 2.75) is 18.2 Å². The van der Waals surface area contributed by atoms with Crippen LogP contribution in [0.3, 0.4) is 0 Å². The highest BCUT2D eigenvalue weighted by Gasteiger charge is 2.40. The fourth-order valence-corrected chi connectivity index (χ4v) is 4.45. The molecule has 2 unspecified atom stereocenters. The number of nitrogens with one attached hydrogen (secondary N) is 1. The Morgan fingerprint density at radius 3 is 2.74 bits per heavy atom. The molecule has 2 atom stereocenters. The number of carbonyl (C=O) groups excluding carboxylic acids is 1. The van der Waals surface area contributed by atoms with Crippen LogP contribution in [0.2, 0.25) is 0 Å². The largest absolute Gasteiger partial charge is 0.348 e. The number of hydrogen-bond donors (Lipinski definition) is 1. The van der Waals surface area contributed by atoms with Crippen molar-refractivity contribution in [1.82, 2.24) is 14.5 Å². The zero-order valence-electron chi connectivity index (χ0n) is 13.5. The van der Waals surface area contributed by atoms with Crippen LogP contribution in [-0.4, -0.2) is 62.5 Å². The van der Waals surface area contributed by atoms with E-state index in [2.05, 4.69) is 5.32 Å². The molecule has 1 aliphatic heterocycles. The van der Waals surface area contributed by atoms with Crippen molar-refractivity contribution < 1.29 is 17.6 Å². The van der Waals surface area contributed by atoms with Crippen molar-refractivity contribution >= 4 is 15.9 Å². The van der Waals surface area contributed by atoms with E-state index >= 15 is 0 Å². The fourth-order valence-electron chi connectivity index (χ4n) is 2.68. The van der Waals surface area contributed by atoms with Gasteiger partial charge in [0, 0.05) is 33.7 Å². The molecule has 2 rings (SSSR count). The lowest BCUT2D eigenvalue weighted by molar-refractivity contribution is -0.128. The van der Waals surface area contributed by atoms with Gasteiger partial charge in [-0.2, -0.15) is 4.31 Å². The van der Waals surface area contributed by atoms with Crippen LogP contribution < -0.4 is 5.32 Å². The van der Waals surface area contributed by atoms with E-state index in [0.717, 1.165) is 0 Å². The van der Waals surface area contributed by atoms with Gasteiger partial charge in [0.05, 0.1) is 6.04 Å². The average molecular weight is 343 g/mol. The lowest BCUT2D eigenvalue weighted by Gasteiger charge is -2.37. The minimum atomic E-state index is -3.84. The predicted molar refractivity (Wildman–Crippen MR) is 85.8 cm³/mol. The number of benzene rings is 1. The highest BCUT2D eigenvalue weighted by atomic mass is 32.2. The standard InChI is InChI=1S/C15H22FN3O3S/c1-11(15(20)18(2)3)23(21,22)19-8-7-17-10-14(19)12-5-4-6-13(16)9-12/h4-6,9,11,14,17H,7-8,10H2,1-3H3. The molecule has 1 amide bonds. The molecule has 0 aliphatic carbocycles. The number of rotatable bonds is 4. The Hall–Kier alpha value is -1.51. The fraction of sp³-hybridized carbons (Fsp3) is 0.533. The summed E-state index contributed by atoms with van der Waals surface area (Å²) in [6.07, 6.45) is 0. The van der Waals surface area contributed by atoms with Crippen LogP contribution >= 0.6 is 0 Å². The number of piperazine rings is 1. The van der Waals surface area contributed by atoms with E-state index in [9.17, 15) is 17.6 Å². The van der Waals surface area contributed by atoms with Gasteiger partial charge >= 0.3 is 0 Å². The Morgan fingerprint density at radius 2 is 2.13 bits per heavy atom. The van der Waals surface area contributed by atoms with Crippen molar-refractivity contribution in [2.75, 3.05) is 33.7 Å². The van der Waals surface area contributed by atoms with E-state index in [4.69, 9.17) is 0 Å². The second-order valence-corrected chi connectivity index (χ2v) is 8.01. The second kappa shape index (κ2) is 6.94. The monoisotopic (exact) mass is 343 g/mol. The van der Waals surface area contributed by atoms with Gasteiger partial charge in [-0.1, -0.05) is 12.1 Å². The molecule has 1 N–H and O–H groups in total. The van der Waals surface area contributed by atoms with Gasteiger partial charge in [-0.15, -0.1) is 0 Å². The van der Waals surface area contributed by atoms with E-state index in [0.29, 0.717) is 18.7 Å². The van der Waals surface area contributed by atoms with Gasteiger partial charge in [0.2, 0.25) is 15.9 Å². The van der Waals surface area contributed by atoms with Gasteiger partial charge in [-0.3, -0.25) is 4.79 Å². The highest BCUT2D eigenvalue weighted by Crippen LogP contribution is 2.27. The lowest BCUT2D eigenvalue weighted by atomic mass is 10.1. The van der Waals surface area contributed by atoms with Crippen LogP contribution in [0.1, 0.15) is 18.5 Å². The van der Waals surface area contributed by atoms with Gasteiger partial charge in [0.15, 0.2) is 5.25 Å². The van der Waals surface area contributed by atoms with Gasteiger partial charge in [0.1, 0.15) is 5.82 Å². The van der Waals surface area contributed by atoms with Gasteiger partial charge < -0.3 is 10.2 Å². The topological polar surface area (TPSA) is 69.7 Å². The Balaban J connectivity index is 2.36. The Labute approximate surface area is 136 Å². The summed E-state index contributed by atoms with van der Waals surface area (Å²) in [6, 6.07) is 5.37. The third-order valence-electron chi connectivity index (χ3n) is 3.99. The van der Waals surface area contributed by atoms with Gasteiger partial charge in [0.25, 0.3) is 0 Å². The first-order valence-corrected chi connectivity index (χ1v) is 8.93. The number of amides is 1. The van der Waals surface area contributed by atoms with Crippen LogP contribution in [-0.2, 0) is 14.8 Å². The van der Waals surface area contributed by atoms with E-state index in [1.165, 1.54) is 42.4 Å². The van der Waals surface area contributed by atoms with E-state index in [1.807, 2.05) is 0 Å². The molecule has 0 aromatic heterocycles. The van der Waals surface area contributed by atoms with Crippen LogP contribution in [0.15, 0.2) is 24.3 Å². The smallest absolute Gasteiger partial charge is 0.241 e. The molecule has 0 radical (unpaired) electrons. The third-order valence-corrected chi connectivity index (χ3v) is 6.18. The molecule has 0 bridgehead atoms. The maximum atomic E-state index is 13.5. The second-order valence-electron chi connectivity index (χ2n) is 5.81. The molecule has 1 saturated heterocycles. The summed E-state index contributed by atoms with van der Waals surface area (Å²) in [5.41, 5.74) is 0.574. The Bertz CT molecular complexity index is 678. The molecule has 128 valence electrons. The van der Waals surface area contributed by atoms with Crippen molar-refractivity contribution in [3.8, 4) is 0 Å². The van der Waals surface area contributed by atoms with Crippen LogP contribution in [0, 0.1) is 5.82 Å². The van der Waals surface area contributed by atoms with E-state index in [-0.39, 0.29) is 6.54 Å². The van der Waals surface area contributed by atoms with Crippen molar-refractivity contribution in [1.29, 1.82) is 0 Å². The Kier molecular flexibility index (Phi) is 5.38. The first-order chi connectivity index (χ1) is 10.7. The number of sulfonamides is 1. The molecule has 1 heterocycles. The van der Waals surface area contributed by atoms with Crippen LogP contribution in [0.5, 0.6) is 0 Å². The summed E-state index contributed by atoms with van der Waals surface area (Å²) in [5.74, 6) is -0.885. The normalized spacial score (nSPS) is 21.0. The highest BCUT2D eigenvalue weighted by molar-refractivity contribution is 7.90. The maximum absolute atomic E-state index is 13.5. The third kappa shape index (κ3) is 3.70. The molecular formula is C15H22FN3O3S. The van der Waals surface area contributed by atoms with Crippen molar-refractivity contribution in [3.63, 3.8) is 0 Å². The molecule has 1 aliphatic rings. The first kappa shape index (κ1) is 17.8. The van der Waals surface area contributed by atoms with E-state index < -0.39 is 33.0 Å². The van der Waals surface area contributed by atoms with Crippen LogP contribution in [0.25, 0.3) is 0 Å². The first-order valence-electron chi connectivity index (χ1n) is 7.43. The molecule has 1 aromatic rings. The summed E-state index contributed by atoms with van der Waals surface area (Å²) in [4.78, 5) is 13.3. The SMILES string of the molecule is CC(C(=O)N(C)C)S(=O)(=O)N1CCNCC1c1cccc(F)c1. The average Bonchev–Trinajstić information content (AvgIpc) is 2.53. The quantitative estimate of drug-likeness (QED) is 0.868. The lowest BCUT2D eigenvalue weighted by Crippen LogP contribution is -2.53. The maximum Gasteiger partial charge on any atom is 0.241 e.